The van der Waals surface area contributed by atoms with E-state index in [1.54, 1.807) is 59.2 Å². The van der Waals surface area contributed by atoms with Gasteiger partial charge in [0.15, 0.2) is 0 Å². The van der Waals surface area contributed by atoms with Gasteiger partial charge in [0.1, 0.15) is 5.82 Å². The molecular weight excluding hydrogens is 503 g/mol. The molecule has 0 unspecified atom stereocenters. The van der Waals surface area contributed by atoms with E-state index in [9.17, 15) is 12.8 Å². The van der Waals surface area contributed by atoms with Crippen LogP contribution in [0.4, 0.5) is 16.0 Å². The van der Waals surface area contributed by atoms with Crippen molar-refractivity contribution in [3.8, 4) is 11.3 Å². The van der Waals surface area contributed by atoms with Gasteiger partial charge in [0, 0.05) is 55.5 Å². The zero-order valence-electron chi connectivity index (χ0n) is 21.0. The maximum Gasteiger partial charge on any atom is 0.243 e. The second-order valence-electron chi connectivity index (χ2n) is 9.33. The zero-order chi connectivity index (χ0) is 26.5. The molecule has 3 heterocycles. The number of aromatic nitrogens is 3. The van der Waals surface area contributed by atoms with E-state index >= 15 is 0 Å². The lowest BCUT2D eigenvalue weighted by Crippen LogP contribution is -2.45. The molecule has 1 saturated heterocycles. The summed E-state index contributed by atoms with van der Waals surface area (Å²) in [6.45, 7) is 1.75. The first-order chi connectivity index (χ1) is 18.4. The van der Waals surface area contributed by atoms with Crippen molar-refractivity contribution in [3.05, 3.63) is 96.7 Å². The average molecular weight is 533 g/mol. The van der Waals surface area contributed by atoms with Crippen LogP contribution in [0.1, 0.15) is 18.4 Å². The molecule has 0 aliphatic carbocycles. The first kappa shape index (κ1) is 25.9. The summed E-state index contributed by atoms with van der Waals surface area (Å²) in [6, 6.07) is 18.7. The van der Waals surface area contributed by atoms with Crippen LogP contribution in [0.2, 0.25) is 0 Å². The molecule has 196 valence electrons. The molecule has 0 spiro atoms. The van der Waals surface area contributed by atoms with E-state index in [1.807, 2.05) is 12.3 Å². The van der Waals surface area contributed by atoms with Crippen molar-refractivity contribution < 1.29 is 12.8 Å². The first-order valence-electron chi connectivity index (χ1n) is 12.4. The molecule has 0 amide bonds. The maximum atomic E-state index is 13.3. The van der Waals surface area contributed by atoms with Crippen LogP contribution in [0, 0.1) is 5.82 Å². The average Bonchev–Trinajstić information content (AvgIpc) is 2.94. The van der Waals surface area contributed by atoms with Gasteiger partial charge in [-0.1, -0.05) is 6.07 Å². The lowest BCUT2D eigenvalue weighted by Gasteiger charge is -2.36. The molecule has 0 radical (unpaired) electrons. The van der Waals surface area contributed by atoms with Crippen molar-refractivity contribution in [1.29, 1.82) is 0 Å². The number of hydrogen-bond acceptors (Lipinski definition) is 7. The minimum atomic E-state index is -3.59. The van der Waals surface area contributed by atoms with Crippen molar-refractivity contribution in [1.82, 2.24) is 24.2 Å². The monoisotopic (exact) mass is 532 g/mol. The Morgan fingerprint density at radius 2 is 1.74 bits per heavy atom. The number of hydrogen-bond donors (Lipinski definition) is 1. The van der Waals surface area contributed by atoms with E-state index in [2.05, 4.69) is 38.3 Å². The van der Waals surface area contributed by atoms with Gasteiger partial charge in [-0.25, -0.2) is 22.8 Å². The Hall–Kier alpha value is -3.73. The van der Waals surface area contributed by atoms with Crippen molar-refractivity contribution in [2.45, 2.75) is 30.3 Å². The fraction of sp³-hybridized carbons (Fsp3) is 0.250. The quantitative estimate of drug-likeness (QED) is 0.352. The Labute approximate surface area is 222 Å². The van der Waals surface area contributed by atoms with Crippen LogP contribution < -0.4 is 5.32 Å². The minimum Gasteiger partial charge on any atom is -0.324 e. The van der Waals surface area contributed by atoms with Gasteiger partial charge in [-0.2, -0.15) is 4.31 Å². The highest BCUT2D eigenvalue weighted by Gasteiger charge is 2.30. The number of pyridine rings is 1. The lowest BCUT2D eigenvalue weighted by molar-refractivity contribution is 0.162. The predicted molar refractivity (Wildman–Crippen MR) is 145 cm³/mol. The van der Waals surface area contributed by atoms with Crippen LogP contribution >= 0.6 is 0 Å². The summed E-state index contributed by atoms with van der Waals surface area (Å²) in [6.07, 6.45) is 6.79. The molecule has 10 heteroatoms. The van der Waals surface area contributed by atoms with Crippen LogP contribution in [0.5, 0.6) is 0 Å². The first-order valence-corrected chi connectivity index (χ1v) is 13.9. The summed E-state index contributed by atoms with van der Waals surface area (Å²) >= 11 is 0. The van der Waals surface area contributed by atoms with E-state index in [-0.39, 0.29) is 10.7 Å². The molecule has 38 heavy (non-hydrogen) atoms. The van der Waals surface area contributed by atoms with Crippen LogP contribution in [0.3, 0.4) is 0 Å². The fourth-order valence-corrected chi connectivity index (χ4v) is 6.09. The highest BCUT2D eigenvalue weighted by atomic mass is 32.2. The molecule has 1 N–H and O–H groups in total. The zero-order valence-corrected chi connectivity index (χ0v) is 21.9. The second-order valence-corrected chi connectivity index (χ2v) is 11.3. The summed E-state index contributed by atoms with van der Waals surface area (Å²) in [5.41, 5.74) is 3.23. The Kier molecular flexibility index (Phi) is 7.73. The van der Waals surface area contributed by atoms with Gasteiger partial charge in [-0.3, -0.25) is 9.88 Å². The topological polar surface area (TPSA) is 91.3 Å². The van der Waals surface area contributed by atoms with Gasteiger partial charge in [0.2, 0.25) is 16.0 Å². The van der Waals surface area contributed by atoms with Gasteiger partial charge >= 0.3 is 0 Å². The molecule has 1 fully saturated rings. The van der Waals surface area contributed by atoms with E-state index in [0.29, 0.717) is 36.5 Å². The van der Waals surface area contributed by atoms with Gasteiger partial charge in [0.05, 0.1) is 10.6 Å². The van der Waals surface area contributed by atoms with Crippen LogP contribution in [0.25, 0.3) is 11.3 Å². The number of rotatable bonds is 8. The number of nitrogens with one attached hydrogen (secondary N) is 1. The summed E-state index contributed by atoms with van der Waals surface area (Å²) in [5, 5.41) is 3.11. The number of benzene rings is 2. The fourth-order valence-electron chi connectivity index (χ4n) is 4.62. The largest absolute Gasteiger partial charge is 0.324 e. The molecule has 8 nitrogen and oxygen atoms in total. The Morgan fingerprint density at radius 1 is 1.00 bits per heavy atom. The molecule has 0 saturated carbocycles. The number of halogens is 1. The molecule has 0 bridgehead atoms. The summed E-state index contributed by atoms with van der Waals surface area (Å²) in [7, 11) is -1.51. The van der Waals surface area contributed by atoms with Crippen molar-refractivity contribution in [2.24, 2.45) is 0 Å². The van der Waals surface area contributed by atoms with Gasteiger partial charge < -0.3 is 5.32 Å². The molecule has 2 aromatic heterocycles. The highest BCUT2D eigenvalue weighted by molar-refractivity contribution is 7.89. The molecule has 2 aromatic carbocycles. The van der Waals surface area contributed by atoms with Crippen LogP contribution in [0.15, 0.2) is 90.2 Å². The van der Waals surface area contributed by atoms with Crippen LogP contribution in [-0.2, 0) is 16.6 Å². The number of anilines is 2. The second kappa shape index (κ2) is 11.3. The van der Waals surface area contributed by atoms with Crippen molar-refractivity contribution >= 4 is 21.7 Å². The number of nitrogens with zero attached hydrogens (tertiary/aromatic N) is 5. The number of sulfonamides is 1. The van der Waals surface area contributed by atoms with E-state index < -0.39 is 10.0 Å². The molecule has 0 atom stereocenters. The normalized spacial score (nSPS) is 15.0. The smallest absolute Gasteiger partial charge is 0.243 e. The molecule has 5 rings (SSSR count). The molecular formula is C28H29FN6O2S. The van der Waals surface area contributed by atoms with E-state index in [4.69, 9.17) is 0 Å². The Balaban J connectivity index is 1.20. The third-order valence-electron chi connectivity index (χ3n) is 6.75. The minimum absolute atomic E-state index is 0.256. The van der Waals surface area contributed by atoms with E-state index in [1.165, 1.54) is 12.1 Å². The van der Waals surface area contributed by atoms with Gasteiger partial charge in [0.25, 0.3) is 0 Å². The van der Waals surface area contributed by atoms with Crippen molar-refractivity contribution in [3.63, 3.8) is 0 Å². The van der Waals surface area contributed by atoms with Gasteiger partial charge in [-0.15, -0.1) is 0 Å². The Bertz CT molecular complexity index is 1460. The number of piperidine rings is 1. The summed E-state index contributed by atoms with van der Waals surface area (Å²) < 4.78 is 41.4. The molecule has 1 aliphatic rings. The summed E-state index contributed by atoms with van der Waals surface area (Å²) in [5.74, 6) is 0.0497. The molecule has 1 aliphatic heterocycles. The third-order valence-corrected chi connectivity index (χ3v) is 8.66. The predicted octanol–water partition coefficient (Wildman–Crippen LogP) is 4.71. The molecule has 4 aromatic rings. The summed E-state index contributed by atoms with van der Waals surface area (Å²) in [4.78, 5) is 15.4. The highest BCUT2D eigenvalue weighted by Crippen LogP contribution is 2.25. The third kappa shape index (κ3) is 6.04. The SMILES string of the molecule is CN(Cc1cccnc1)C1CCN(S(=O)(=O)c2ccc(Nc3nccc(-c4ccc(F)cc4)n3)cc2)CC1. The van der Waals surface area contributed by atoms with E-state index in [0.717, 1.165) is 30.5 Å². The standard InChI is InChI=1S/C28H29FN6O2S/c1-34(20-21-3-2-15-30-19-21)25-13-17-35(18-14-25)38(36,37)26-10-8-24(9-11-26)32-28-31-16-12-27(33-28)22-4-6-23(29)7-5-22/h2-12,15-16,19,25H,13-14,17-18,20H2,1H3,(H,31,32,33). The Morgan fingerprint density at radius 3 is 2.42 bits per heavy atom. The maximum absolute atomic E-state index is 13.3. The van der Waals surface area contributed by atoms with Crippen molar-refractivity contribution in [2.75, 3.05) is 25.5 Å². The lowest BCUT2D eigenvalue weighted by atomic mass is 10.0. The van der Waals surface area contributed by atoms with Gasteiger partial charge in [-0.05, 0) is 86.1 Å². The van der Waals surface area contributed by atoms with Crippen LogP contribution in [-0.4, -0.2) is 58.8 Å².